The fourth-order valence-corrected chi connectivity index (χ4v) is 2.57. The molecule has 1 aromatic carbocycles. The predicted molar refractivity (Wildman–Crippen MR) is 94.0 cm³/mol. The van der Waals surface area contributed by atoms with Gasteiger partial charge in [-0.3, -0.25) is 4.98 Å². The van der Waals surface area contributed by atoms with Crippen molar-refractivity contribution >= 4 is 23.4 Å². The number of rotatable bonds is 5. The van der Waals surface area contributed by atoms with Gasteiger partial charge in [0.15, 0.2) is 5.82 Å². The van der Waals surface area contributed by atoms with Crippen molar-refractivity contribution in [1.29, 1.82) is 0 Å². The number of aromatic nitrogens is 3. The molecule has 23 heavy (non-hydrogen) atoms. The molecule has 3 aromatic rings. The quantitative estimate of drug-likeness (QED) is 0.663. The number of pyridine rings is 1. The maximum Gasteiger partial charge on any atom is 0.223 e. The largest absolute Gasteiger partial charge is 0.439 e. The third-order valence-corrected chi connectivity index (χ3v) is 3.86. The van der Waals surface area contributed by atoms with Crippen LogP contribution in [0.5, 0.6) is 11.6 Å². The summed E-state index contributed by atoms with van der Waals surface area (Å²) in [6, 6.07) is 12.8. The highest BCUT2D eigenvalue weighted by Crippen LogP contribution is 2.25. The average Bonchev–Trinajstić information content (AvgIpc) is 2.58. The van der Waals surface area contributed by atoms with Gasteiger partial charge in [-0.1, -0.05) is 11.6 Å². The van der Waals surface area contributed by atoms with Crippen LogP contribution in [0.3, 0.4) is 0 Å². The molecule has 0 radical (unpaired) electrons. The molecule has 0 spiro atoms. The van der Waals surface area contributed by atoms with Gasteiger partial charge in [-0.15, -0.1) is 0 Å². The Balaban J connectivity index is 1.95. The Bertz CT molecular complexity index is 782. The Morgan fingerprint density at radius 3 is 2.48 bits per heavy atom. The standard InChI is InChI=1S/C17H14ClN3OS/c1-23-11-14-10-16(22-15-4-2-13(18)3-5-15)21-17(20-14)12-6-8-19-9-7-12/h2-10H,11H2,1H3. The molecule has 0 saturated heterocycles. The highest BCUT2D eigenvalue weighted by atomic mass is 35.5. The van der Waals surface area contributed by atoms with E-state index in [-0.39, 0.29) is 0 Å². The maximum absolute atomic E-state index is 5.90. The number of hydrogen-bond donors (Lipinski definition) is 0. The molecule has 4 nitrogen and oxygen atoms in total. The number of nitrogens with zero attached hydrogens (tertiary/aromatic N) is 3. The van der Waals surface area contributed by atoms with Gasteiger partial charge in [0.1, 0.15) is 5.75 Å². The topological polar surface area (TPSA) is 47.9 Å². The number of halogens is 1. The molecular weight excluding hydrogens is 330 g/mol. The van der Waals surface area contributed by atoms with Crippen LogP contribution in [0.25, 0.3) is 11.4 Å². The van der Waals surface area contributed by atoms with E-state index >= 15 is 0 Å². The smallest absolute Gasteiger partial charge is 0.223 e. The first-order chi connectivity index (χ1) is 11.2. The van der Waals surface area contributed by atoms with E-state index in [1.807, 2.05) is 36.6 Å². The summed E-state index contributed by atoms with van der Waals surface area (Å²) in [5, 5.41) is 0.667. The molecule has 2 heterocycles. The second-order valence-corrected chi connectivity index (χ2v) is 6.05. The molecule has 2 aromatic heterocycles. The summed E-state index contributed by atoms with van der Waals surface area (Å²) >= 11 is 7.60. The maximum atomic E-state index is 5.90. The van der Waals surface area contributed by atoms with E-state index in [4.69, 9.17) is 16.3 Å². The van der Waals surface area contributed by atoms with Crippen LogP contribution in [0.15, 0.2) is 54.9 Å². The van der Waals surface area contributed by atoms with E-state index < -0.39 is 0 Å². The van der Waals surface area contributed by atoms with Crippen molar-refractivity contribution in [2.75, 3.05) is 6.26 Å². The lowest BCUT2D eigenvalue weighted by molar-refractivity contribution is 0.461. The molecule has 6 heteroatoms. The monoisotopic (exact) mass is 343 g/mol. The van der Waals surface area contributed by atoms with Crippen molar-refractivity contribution in [2.45, 2.75) is 5.75 Å². The van der Waals surface area contributed by atoms with Gasteiger partial charge in [0.05, 0.1) is 5.69 Å². The Morgan fingerprint density at radius 2 is 1.78 bits per heavy atom. The molecule has 0 bridgehead atoms. The number of thioether (sulfide) groups is 1. The first-order valence-electron chi connectivity index (χ1n) is 6.95. The highest BCUT2D eigenvalue weighted by molar-refractivity contribution is 7.97. The van der Waals surface area contributed by atoms with Gasteiger partial charge >= 0.3 is 0 Å². The lowest BCUT2D eigenvalue weighted by atomic mass is 10.2. The van der Waals surface area contributed by atoms with Crippen LogP contribution < -0.4 is 4.74 Å². The van der Waals surface area contributed by atoms with E-state index in [0.717, 1.165) is 17.0 Å². The summed E-state index contributed by atoms with van der Waals surface area (Å²) in [6.45, 7) is 0. The Kier molecular flexibility index (Phi) is 5.10. The van der Waals surface area contributed by atoms with Crippen LogP contribution in [-0.2, 0) is 5.75 Å². The second-order valence-electron chi connectivity index (χ2n) is 4.75. The molecule has 0 aliphatic carbocycles. The second kappa shape index (κ2) is 7.44. The van der Waals surface area contributed by atoms with Crippen LogP contribution in [-0.4, -0.2) is 21.2 Å². The number of benzene rings is 1. The van der Waals surface area contributed by atoms with Gasteiger partial charge in [-0.05, 0) is 42.7 Å². The summed E-state index contributed by atoms with van der Waals surface area (Å²) in [6.07, 6.45) is 5.48. The van der Waals surface area contributed by atoms with E-state index in [0.29, 0.717) is 22.5 Å². The highest BCUT2D eigenvalue weighted by Gasteiger charge is 2.09. The van der Waals surface area contributed by atoms with Gasteiger partial charge in [-0.2, -0.15) is 16.7 Å². The molecule has 0 saturated carbocycles. The first-order valence-corrected chi connectivity index (χ1v) is 8.72. The summed E-state index contributed by atoms with van der Waals surface area (Å²) in [5.74, 6) is 2.61. The molecule has 0 N–H and O–H groups in total. The van der Waals surface area contributed by atoms with Gasteiger partial charge in [0.25, 0.3) is 0 Å². The lowest BCUT2D eigenvalue weighted by Crippen LogP contribution is -1.98. The summed E-state index contributed by atoms with van der Waals surface area (Å²) < 4.78 is 5.85. The molecule has 0 amide bonds. The average molecular weight is 344 g/mol. The predicted octanol–water partition coefficient (Wildman–Crippen LogP) is 4.85. The van der Waals surface area contributed by atoms with Crippen LogP contribution in [0.2, 0.25) is 5.02 Å². The molecule has 0 fully saturated rings. The van der Waals surface area contributed by atoms with Crippen molar-refractivity contribution in [3.63, 3.8) is 0 Å². The first kappa shape index (κ1) is 15.8. The van der Waals surface area contributed by atoms with Crippen molar-refractivity contribution in [3.05, 3.63) is 65.6 Å². The molecule has 0 aliphatic heterocycles. The fraction of sp³-hybridized carbons (Fsp3) is 0.118. The summed E-state index contributed by atoms with van der Waals surface area (Å²) in [7, 11) is 0. The van der Waals surface area contributed by atoms with Gasteiger partial charge in [0.2, 0.25) is 5.88 Å². The van der Waals surface area contributed by atoms with Crippen molar-refractivity contribution in [2.24, 2.45) is 0 Å². The van der Waals surface area contributed by atoms with Gasteiger partial charge in [-0.25, -0.2) is 4.98 Å². The summed E-state index contributed by atoms with van der Waals surface area (Å²) in [5.41, 5.74) is 1.83. The SMILES string of the molecule is CSCc1cc(Oc2ccc(Cl)cc2)nc(-c2ccncc2)n1. The Hall–Kier alpha value is -2.11. The van der Waals surface area contributed by atoms with Crippen molar-refractivity contribution < 1.29 is 4.74 Å². The normalized spacial score (nSPS) is 10.5. The minimum Gasteiger partial charge on any atom is -0.439 e. The molecule has 0 unspecified atom stereocenters. The molecule has 0 aliphatic rings. The number of hydrogen-bond acceptors (Lipinski definition) is 5. The minimum absolute atomic E-state index is 0.512. The van der Waals surface area contributed by atoms with Crippen molar-refractivity contribution in [3.8, 4) is 23.0 Å². The third-order valence-electron chi connectivity index (χ3n) is 3.02. The zero-order valence-corrected chi connectivity index (χ0v) is 14.0. The van der Waals surface area contributed by atoms with E-state index in [2.05, 4.69) is 15.0 Å². The summed E-state index contributed by atoms with van der Waals surface area (Å²) in [4.78, 5) is 13.1. The zero-order chi connectivity index (χ0) is 16.1. The Labute approximate surface area is 143 Å². The zero-order valence-electron chi connectivity index (χ0n) is 12.4. The van der Waals surface area contributed by atoms with Crippen LogP contribution in [0.1, 0.15) is 5.69 Å². The van der Waals surface area contributed by atoms with E-state index in [1.54, 1.807) is 36.3 Å². The van der Waals surface area contributed by atoms with Gasteiger partial charge < -0.3 is 4.74 Å². The lowest BCUT2D eigenvalue weighted by Gasteiger charge is -2.09. The van der Waals surface area contributed by atoms with Crippen LogP contribution in [0.4, 0.5) is 0 Å². The van der Waals surface area contributed by atoms with E-state index in [9.17, 15) is 0 Å². The van der Waals surface area contributed by atoms with Crippen LogP contribution >= 0.6 is 23.4 Å². The Morgan fingerprint density at radius 1 is 1.04 bits per heavy atom. The molecule has 0 atom stereocenters. The minimum atomic E-state index is 0.512. The van der Waals surface area contributed by atoms with Crippen molar-refractivity contribution in [1.82, 2.24) is 15.0 Å². The third kappa shape index (κ3) is 4.21. The number of ether oxygens (including phenoxy) is 1. The molecule has 3 rings (SSSR count). The van der Waals surface area contributed by atoms with E-state index in [1.165, 1.54) is 0 Å². The molecule has 116 valence electrons. The van der Waals surface area contributed by atoms with Gasteiger partial charge in [0, 0.05) is 34.8 Å². The fourth-order valence-electron chi connectivity index (χ4n) is 2.00. The van der Waals surface area contributed by atoms with Crippen LogP contribution in [0, 0.1) is 0 Å². The molecular formula is C17H14ClN3OS.